The largest absolute Gasteiger partial charge is 0.396 e. The highest BCUT2D eigenvalue weighted by Crippen LogP contribution is 2.39. The molecule has 204 valence electrons. The fourth-order valence-electron chi connectivity index (χ4n) is 5.14. The number of aliphatic hydroxyl groups is 1. The molecule has 0 bridgehead atoms. The number of hydrazine groups is 1. The number of aliphatic hydroxyl groups excluding tert-OH is 1. The van der Waals surface area contributed by atoms with E-state index in [1.165, 1.54) is 5.01 Å². The number of nitrogens with one attached hydrogen (secondary N) is 1. The number of ether oxygens (including phenoxy) is 1. The number of carbonyl (C=O) groups is 2. The lowest BCUT2D eigenvalue weighted by molar-refractivity contribution is -0.125. The summed E-state index contributed by atoms with van der Waals surface area (Å²) in [5, 5.41) is 15.3. The molecule has 38 heavy (non-hydrogen) atoms. The van der Waals surface area contributed by atoms with E-state index in [4.69, 9.17) is 16.3 Å². The summed E-state index contributed by atoms with van der Waals surface area (Å²) < 4.78 is 5.80. The van der Waals surface area contributed by atoms with Crippen LogP contribution in [0.25, 0.3) is 11.4 Å². The summed E-state index contributed by atoms with van der Waals surface area (Å²) in [4.78, 5) is 27.6. The second-order valence-corrected chi connectivity index (χ2v) is 9.87. The first kappa shape index (κ1) is 27.6. The Labute approximate surface area is 224 Å². The van der Waals surface area contributed by atoms with Crippen LogP contribution in [0.1, 0.15) is 62.6 Å². The normalized spacial score (nSPS) is 22.7. The van der Waals surface area contributed by atoms with Gasteiger partial charge >= 0.3 is 0 Å². The number of rotatable bonds is 9. The Morgan fingerprint density at radius 3 is 2.53 bits per heavy atom. The number of nitrogens with zero attached hydrogens (tertiary/aromatic N) is 2. The van der Waals surface area contributed by atoms with E-state index in [2.05, 4.69) is 12.2 Å². The van der Waals surface area contributed by atoms with Gasteiger partial charge in [0.2, 0.25) is 11.8 Å². The van der Waals surface area contributed by atoms with Gasteiger partial charge < -0.3 is 30.8 Å². The molecule has 2 aromatic rings. The van der Waals surface area contributed by atoms with Crippen LogP contribution in [-0.2, 0) is 20.9 Å². The van der Waals surface area contributed by atoms with Crippen LogP contribution in [0.4, 0.5) is 5.69 Å². The van der Waals surface area contributed by atoms with Gasteiger partial charge in [0.05, 0.1) is 42.4 Å². The Balaban J connectivity index is 1.72. The fourth-order valence-corrected chi connectivity index (χ4v) is 5.14. The molecule has 2 amide bonds. The molecule has 0 spiro atoms. The van der Waals surface area contributed by atoms with Gasteiger partial charge in [-0.05, 0) is 24.5 Å². The molecule has 0 aliphatic carbocycles. The van der Waals surface area contributed by atoms with Crippen molar-refractivity contribution in [3.63, 3.8) is 0 Å². The summed E-state index contributed by atoms with van der Waals surface area (Å²) in [6.45, 7) is 5.19. The summed E-state index contributed by atoms with van der Waals surface area (Å²) in [5.41, 5.74) is 10.7. The zero-order chi connectivity index (χ0) is 27.2. The van der Waals surface area contributed by atoms with Crippen LogP contribution in [0, 0.1) is 0 Å². The SMILES string of the molecule is CCCCNC(=O)CCC(=O)N1Cc2ccccc2/C(N)=C(/N(N)C2COC(CC)C2O)c2ccccc21. The summed E-state index contributed by atoms with van der Waals surface area (Å²) in [5.74, 6) is 6.42. The molecule has 1 saturated heterocycles. The van der Waals surface area contributed by atoms with Crippen molar-refractivity contribution in [3.8, 4) is 0 Å². The van der Waals surface area contributed by atoms with E-state index >= 15 is 0 Å². The van der Waals surface area contributed by atoms with E-state index in [0.29, 0.717) is 42.2 Å². The lowest BCUT2D eigenvalue weighted by atomic mass is 9.94. The number of nitrogens with two attached hydrogens (primary N) is 2. The van der Waals surface area contributed by atoms with E-state index in [1.807, 2.05) is 55.5 Å². The topological polar surface area (TPSA) is 134 Å². The number of fused-ring (bicyclic) bond motifs is 2. The first-order valence-corrected chi connectivity index (χ1v) is 13.4. The van der Waals surface area contributed by atoms with Crippen LogP contribution in [0.5, 0.6) is 0 Å². The number of amides is 2. The quantitative estimate of drug-likeness (QED) is 0.226. The summed E-state index contributed by atoms with van der Waals surface area (Å²) in [6, 6.07) is 14.6. The van der Waals surface area contributed by atoms with Crippen molar-refractivity contribution >= 4 is 28.9 Å². The maximum absolute atomic E-state index is 13.6. The molecule has 2 heterocycles. The third kappa shape index (κ3) is 5.70. The van der Waals surface area contributed by atoms with Crippen molar-refractivity contribution in [2.24, 2.45) is 11.6 Å². The standard InChI is InChI=1S/C29H39N5O4/c1-3-5-16-32-25(35)14-15-26(36)33-17-19-10-6-7-11-20(19)27(30)28(21-12-8-9-13-22(21)33)34(31)23-18-38-24(4-2)29(23)37/h6-13,23-24,29,37H,3-5,14-18,30-31H2,1-2H3,(H,32,35)/b28-27-. The minimum atomic E-state index is -0.790. The van der Waals surface area contributed by atoms with Crippen LogP contribution >= 0.6 is 0 Å². The van der Waals surface area contributed by atoms with E-state index in [1.54, 1.807) is 4.90 Å². The highest BCUT2D eigenvalue weighted by molar-refractivity contribution is 6.02. The Hall–Kier alpha value is -3.40. The first-order chi connectivity index (χ1) is 18.4. The third-order valence-electron chi connectivity index (χ3n) is 7.33. The van der Waals surface area contributed by atoms with Gasteiger partial charge in [-0.1, -0.05) is 62.7 Å². The van der Waals surface area contributed by atoms with Crippen LogP contribution in [0.3, 0.4) is 0 Å². The van der Waals surface area contributed by atoms with E-state index < -0.39 is 12.1 Å². The van der Waals surface area contributed by atoms with Gasteiger partial charge in [-0.2, -0.15) is 0 Å². The summed E-state index contributed by atoms with van der Waals surface area (Å²) in [7, 11) is 0. The Bertz CT molecular complexity index is 1180. The number of hydrogen-bond donors (Lipinski definition) is 4. The van der Waals surface area contributed by atoms with Gasteiger partial charge in [0.1, 0.15) is 6.10 Å². The van der Waals surface area contributed by atoms with Gasteiger partial charge in [-0.25, -0.2) is 5.84 Å². The molecule has 4 rings (SSSR count). The monoisotopic (exact) mass is 521 g/mol. The number of carbonyl (C=O) groups excluding carboxylic acids is 2. The Kier molecular flexibility index (Phi) is 9.04. The van der Waals surface area contributed by atoms with Crippen molar-refractivity contribution < 1.29 is 19.4 Å². The molecule has 0 radical (unpaired) electrons. The molecule has 9 nitrogen and oxygen atoms in total. The van der Waals surface area contributed by atoms with Crippen molar-refractivity contribution in [1.82, 2.24) is 10.3 Å². The molecule has 6 N–H and O–H groups in total. The van der Waals surface area contributed by atoms with Gasteiger partial charge in [0, 0.05) is 30.5 Å². The molecule has 2 aromatic carbocycles. The number of unbranched alkanes of at least 4 members (excludes halogenated alkanes) is 1. The second-order valence-electron chi connectivity index (χ2n) is 9.87. The maximum atomic E-state index is 13.6. The van der Waals surface area contributed by atoms with Crippen molar-refractivity contribution in [3.05, 3.63) is 65.2 Å². The predicted molar refractivity (Wildman–Crippen MR) is 148 cm³/mol. The molecule has 3 unspecified atom stereocenters. The van der Waals surface area contributed by atoms with Crippen LogP contribution in [0.15, 0.2) is 48.5 Å². The van der Waals surface area contributed by atoms with Crippen molar-refractivity contribution in [2.75, 3.05) is 18.1 Å². The zero-order valence-corrected chi connectivity index (χ0v) is 22.2. The molecule has 0 aromatic heterocycles. The minimum absolute atomic E-state index is 0.0721. The van der Waals surface area contributed by atoms with Gasteiger partial charge in [0.25, 0.3) is 0 Å². The van der Waals surface area contributed by atoms with Crippen molar-refractivity contribution in [1.29, 1.82) is 0 Å². The zero-order valence-electron chi connectivity index (χ0n) is 22.2. The number of para-hydroxylation sites is 1. The van der Waals surface area contributed by atoms with Crippen LogP contribution in [-0.4, -0.2) is 53.3 Å². The van der Waals surface area contributed by atoms with Gasteiger partial charge in [-0.3, -0.25) is 9.59 Å². The highest BCUT2D eigenvalue weighted by atomic mass is 16.5. The molecule has 9 heteroatoms. The number of hydrogen-bond acceptors (Lipinski definition) is 7. The van der Waals surface area contributed by atoms with Crippen LogP contribution < -0.4 is 21.8 Å². The van der Waals surface area contributed by atoms with Crippen molar-refractivity contribution in [2.45, 2.75) is 70.7 Å². The van der Waals surface area contributed by atoms with Gasteiger partial charge in [-0.15, -0.1) is 0 Å². The first-order valence-electron chi connectivity index (χ1n) is 13.4. The van der Waals surface area contributed by atoms with Gasteiger partial charge in [0.15, 0.2) is 0 Å². The predicted octanol–water partition coefficient (Wildman–Crippen LogP) is 2.73. The maximum Gasteiger partial charge on any atom is 0.227 e. The molecule has 2 aliphatic rings. The average molecular weight is 522 g/mol. The van der Waals surface area contributed by atoms with Crippen LogP contribution in [0.2, 0.25) is 0 Å². The van der Waals surface area contributed by atoms with E-state index in [-0.39, 0.29) is 37.4 Å². The minimum Gasteiger partial charge on any atom is -0.396 e. The molecule has 3 atom stereocenters. The summed E-state index contributed by atoms with van der Waals surface area (Å²) >= 11 is 0. The lowest BCUT2D eigenvalue weighted by Gasteiger charge is -2.36. The number of benzene rings is 2. The molecule has 0 saturated carbocycles. The third-order valence-corrected chi connectivity index (χ3v) is 7.33. The second kappa shape index (κ2) is 12.4. The number of anilines is 1. The molecule has 1 fully saturated rings. The molecular formula is C29H39N5O4. The van der Waals surface area contributed by atoms with E-state index in [0.717, 1.165) is 24.0 Å². The molecular weight excluding hydrogens is 482 g/mol. The Morgan fingerprint density at radius 1 is 1.11 bits per heavy atom. The average Bonchev–Trinajstić information content (AvgIpc) is 3.30. The highest BCUT2D eigenvalue weighted by Gasteiger charge is 2.40. The smallest absolute Gasteiger partial charge is 0.227 e. The fraction of sp³-hybridized carbons (Fsp3) is 0.448. The molecule has 2 aliphatic heterocycles. The Morgan fingerprint density at radius 2 is 1.82 bits per heavy atom. The van der Waals surface area contributed by atoms with E-state index in [9.17, 15) is 14.7 Å². The lowest BCUT2D eigenvalue weighted by Crippen LogP contribution is -2.48. The summed E-state index contributed by atoms with van der Waals surface area (Å²) in [6.07, 6.45) is 1.63.